The van der Waals surface area contributed by atoms with Crippen molar-refractivity contribution in [2.45, 2.75) is 18.4 Å². The zero-order valence-electron chi connectivity index (χ0n) is 12.6. The van der Waals surface area contributed by atoms with Crippen LogP contribution in [0.5, 0.6) is 5.75 Å². The number of likely N-dealkylation sites (N-methyl/N-ethyl adjacent to an activating group) is 1. The lowest BCUT2D eigenvalue weighted by Crippen LogP contribution is -2.48. The summed E-state index contributed by atoms with van der Waals surface area (Å²) in [4.78, 5) is 6.46. The van der Waals surface area contributed by atoms with E-state index in [0.29, 0.717) is 16.1 Å². The van der Waals surface area contributed by atoms with E-state index in [4.69, 9.17) is 27.9 Å². The Morgan fingerprint density at radius 1 is 1.23 bits per heavy atom. The first-order chi connectivity index (χ1) is 10.6. The van der Waals surface area contributed by atoms with E-state index in [-0.39, 0.29) is 5.92 Å². The normalized spacial score (nSPS) is 19.5. The number of ether oxygens (including phenoxy) is 1. The minimum absolute atomic E-state index is 0.114. The molecule has 2 unspecified atom stereocenters. The van der Waals surface area contributed by atoms with Crippen LogP contribution in [0.2, 0.25) is 10.0 Å². The van der Waals surface area contributed by atoms with Gasteiger partial charge in [0.25, 0.3) is 0 Å². The van der Waals surface area contributed by atoms with Gasteiger partial charge in [-0.25, -0.2) is 0 Å². The average molecular weight is 337 g/mol. The first-order valence-electron chi connectivity index (χ1n) is 7.25. The van der Waals surface area contributed by atoms with E-state index in [1.54, 1.807) is 13.2 Å². The predicted molar refractivity (Wildman–Crippen MR) is 90.1 cm³/mol. The number of aromatic nitrogens is 1. The van der Waals surface area contributed by atoms with Gasteiger partial charge in [-0.15, -0.1) is 0 Å². The first kappa shape index (κ1) is 15.6. The third kappa shape index (κ3) is 2.69. The van der Waals surface area contributed by atoms with Gasteiger partial charge in [0.2, 0.25) is 0 Å². The summed E-state index contributed by atoms with van der Waals surface area (Å²) in [6.07, 6.45) is 4.74. The molecule has 0 radical (unpaired) electrons. The Balaban J connectivity index is 2.16. The number of likely N-dealkylation sites (tertiary alicyclic amines) is 1. The smallest absolute Gasteiger partial charge is 0.124 e. The van der Waals surface area contributed by atoms with E-state index >= 15 is 0 Å². The molecule has 0 N–H and O–H groups in total. The SMILES string of the molecule is COc1ccc(Cl)c(Cl)c1C(c1ccncc1)C1CCN1C. The van der Waals surface area contributed by atoms with Gasteiger partial charge in [0.15, 0.2) is 0 Å². The van der Waals surface area contributed by atoms with Crippen molar-refractivity contribution < 1.29 is 4.74 Å². The molecule has 1 aromatic heterocycles. The monoisotopic (exact) mass is 336 g/mol. The van der Waals surface area contributed by atoms with Crippen LogP contribution in [0.25, 0.3) is 0 Å². The summed E-state index contributed by atoms with van der Waals surface area (Å²) in [7, 11) is 3.80. The molecule has 2 heterocycles. The molecular formula is C17H18Cl2N2O. The van der Waals surface area contributed by atoms with Crippen LogP contribution in [0.4, 0.5) is 0 Å². The summed E-state index contributed by atoms with van der Waals surface area (Å²) in [6.45, 7) is 1.09. The van der Waals surface area contributed by atoms with Crippen LogP contribution in [0.3, 0.4) is 0 Å². The second-order valence-electron chi connectivity index (χ2n) is 5.57. The van der Waals surface area contributed by atoms with Gasteiger partial charge in [-0.1, -0.05) is 23.2 Å². The summed E-state index contributed by atoms with van der Waals surface area (Å²) in [6, 6.07) is 8.12. The minimum atomic E-state index is 0.114. The summed E-state index contributed by atoms with van der Waals surface area (Å²) >= 11 is 12.8. The van der Waals surface area contributed by atoms with Crippen molar-refractivity contribution in [3.63, 3.8) is 0 Å². The van der Waals surface area contributed by atoms with Crippen LogP contribution in [-0.2, 0) is 0 Å². The lowest BCUT2D eigenvalue weighted by atomic mass is 9.79. The van der Waals surface area contributed by atoms with Gasteiger partial charge in [-0.3, -0.25) is 4.98 Å². The van der Waals surface area contributed by atoms with Crippen molar-refractivity contribution in [1.82, 2.24) is 9.88 Å². The van der Waals surface area contributed by atoms with Crippen LogP contribution in [-0.4, -0.2) is 36.6 Å². The Labute approximate surface area is 140 Å². The molecule has 0 saturated carbocycles. The highest BCUT2D eigenvalue weighted by atomic mass is 35.5. The quantitative estimate of drug-likeness (QED) is 0.835. The number of halogens is 2. The van der Waals surface area contributed by atoms with Crippen molar-refractivity contribution in [3.8, 4) is 5.75 Å². The molecule has 116 valence electrons. The van der Waals surface area contributed by atoms with Crippen LogP contribution >= 0.6 is 23.2 Å². The zero-order valence-corrected chi connectivity index (χ0v) is 14.1. The number of pyridine rings is 1. The van der Waals surface area contributed by atoms with Crippen LogP contribution < -0.4 is 4.74 Å². The molecule has 2 aromatic rings. The van der Waals surface area contributed by atoms with Crippen LogP contribution in [0, 0.1) is 0 Å². The van der Waals surface area contributed by atoms with Crippen molar-refractivity contribution in [1.29, 1.82) is 0 Å². The second-order valence-corrected chi connectivity index (χ2v) is 6.36. The molecule has 1 aliphatic heterocycles. The standard InChI is InChI=1S/C17H18Cl2N2O/c1-21-10-7-13(21)15(11-5-8-20-9-6-11)16-14(22-2)4-3-12(18)17(16)19/h3-6,8-9,13,15H,7,10H2,1-2H3. The Hall–Kier alpha value is -1.29. The number of hydrogen-bond acceptors (Lipinski definition) is 3. The van der Waals surface area contributed by atoms with E-state index in [9.17, 15) is 0 Å². The molecule has 5 heteroatoms. The lowest BCUT2D eigenvalue weighted by molar-refractivity contribution is 0.111. The molecule has 1 aliphatic rings. The molecule has 0 spiro atoms. The van der Waals surface area contributed by atoms with Gasteiger partial charge < -0.3 is 9.64 Å². The van der Waals surface area contributed by atoms with Crippen LogP contribution in [0.1, 0.15) is 23.5 Å². The molecule has 1 fully saturated rings. The number of rotatable bonds is 4. The lowest BCUT2D eigenvalue weighted by Gasteiger charge is -2.44. The molecular weight excluding hydrogens is 319 g/mol. The zero-order chi connectivity index (χ0) is 15.7. The Morgan fingerprint density at radius 3 is 2.50 bits per heavy atom. The van der Waals surface area contributed by atoms with Gasteiger partial charge in [-0.05, 0) is 49.8 Å². The number of methoxy groups -OCH3 is 1. The number of nitrogens with zero attached hydrogens (tertiary/aromatic N) is 2. The fourth-order valence-corrected chi connectivity index (χ4v) is 3.56. The molecule has 3 rings (SSSR count). The topological polar surface area (TPSA) is 25.4 Å². The van der Waals surface area contributed by atoms with Crippen molar-refractivity contribution in [2.24, 2.45) is 0 Å². The van der Waals surface area contributed by atoms with Gasteiger partial charge >= 0.3 is 0 Å². The van der Waals surface area contributed by atoms with Crippen LogP contribution in [0.15, 0.2) is 36.7 Å². The van der Waals surface area contributed by atoms with E-state index in [1.165, 1.54) is 5.56 Å². The van der Waals surface area contributed by atoms with E-state index in [0.717, 1.165) is 24.3 Å². The third-order valence-corrected chi connectivity index (χ3v) is 5.24. The van der Waals surface area contributed by atoms with E-state index in [1.807, 2.05) is 30.6 Å². The highest BCUT2D eigenvalue weighted by molar-refractivity contribution is 6.42. The summed E-state index contributed by atoms with van der Waals surface area (Å²) in [5, 5.41) is 1.13. The van der Waals surface area contributed by atoms with Gasteiger partial charge in [-0.2, -0.15) is 0 Å². The highest BCUT2D eigenvalue weighted by Gasteiger charge is 2.37. The molecule has 22 heavy (non-hydrogen) atoms. The molecule has 0 aliphatic carbocycles. The van der Waals surface area contributed by atoms with E-state index < -0.39 is 0 Å². The second kappa shape index (κ2) is 6.45. The van der Waals surface area contributed by atoms with Crippen molar-refractivity contribution in [2.75, 3.05) is 20.7 Å². The number of benzene rings is 1. The summed E-state index contributed by atoms with van der Waals surface area (Å²) in [5.41, 5.74) is 2.13. The number of hydrogen-bond donors (Lipinski definition) is 0. The van der Waals surface area contributed by atoms with Gasteiger partial charge in [0.05, 0.1) is 17.2 Å². The summed E-state index contributed by atoms with van der Waals surface area (Å²) < 4.78 is 5.56. The Morgan fingerprint density at radius 2 is 1.95 bits per heavy atom. The molecule has 1 saturated heterocycles. The Kier molecular flexibility index (Phi) is 4.57. The Bertz CT molecular complexity index is 663. The van der Waals surface area contributed by atoms with Crippen molar-refractivity contribution >= 4 is 23.2 Å². The average Bonchev–Trinajstić information content (AvgIpc) is 2.54. The fourth-order valence-electron chi connectivity index (χ4n) is 3.13. The fraction of sp³-hybridized carbons (Fsp3) is 0.353. The molecule has 0 amide bonds. The largest absolute Gasteiger partial charge is 0.496 e. The maximum atomic E-state index is 6.55. The van der Waals surface area contributed by atoms with Crippen molar-refractivity contribution in [3.05, 3.63) is 57.8 Å². The molecule has 3 nitrogen and oxygen atoms in total. The predicted octanol–water partition coefficient (Wildman–Crippen LogP) is 4.23. The molecule has 2 atom stereocenters. The minimum Gasteiger partial charge on any atom is -0.496 e. The summed E-state index contributed by atoms with van der Waals surface area (Å²) in [5.74, 6) is 0.888. The maximum absolute atomic E-state index is 6.55. The van der Waals surface area contributed by atoms with E-state index in [2.05, 4.69) is 16.9 Å². The molecule has 1 aromatic carbocycles. The van der Waals surface area contributed by atoms with Gasteiger partial charge in [0.1, 0.15) is 5.75 Å². The highest BCUT2D eigenvalue weighted by Crippen LogP contribution is 2.45. The first-order valence-corrected chi connectivity index (χ1v) is 8.01. The maximum Gasteiger partial charge on any atom is 0.124 e. The van der Waals surface area contributed by atoms with Gasteiger partial charge in [0, 0.05) is 29.9 Å². The molecule has 0 bridgehead atoms. The third-order valence-electron chi connectivity index (χ3n) is 4.42.